The highest BCUT2D eigenvalue weighted by molar-refractivity contribution is 6.04. The van der Waals surface area contributed by atoms with E-state index in [9.17, 15) is 0 Å². The Labute approximate surface area is 210 Å². The van der Waals surface area contributed by atoms with Gasteiger partial charge in [0.25, 0.3) is 0 Å². The third kappa shape index (κ3) is 7.08. The molecule has 1 saturated heterocycles. The molecule has 0 spiro atoms. The van der Waals surface area contributed by atoms with E-state index < -0.39 is 0 Å². The number of hydrogen-bond acceptors (Lipinski definition) is 7. The van der Waals surface area contributed by atoms with Crippen LogP contribution in [0, 0.1) is 0 Å². The summed E-state index contributed by atoms with van der Waals surface area (Å²) in [6.45, 7) is 14.6. The Morgan fingerprint density at radius 2 is 2.03 bits per heavy atom. The first-order valence-corrected chi connectivity index (χ1v) is 12.9. The third-order valence-corrected chi connectivity index (χ3v) is 6.66. The van der Waals surface area contributed by atoms with Gasteiger partial charge in [-0.05, 0) is 68.5 Å². The molecule has 1 aliphatic heterocycles. The molecule has 8 heteroatoms. The standard InChI is InChI=1S/C27H41N7O/c1-5-21(6-2)23-18-30-19-24(29-4)26(23)27(34(7-3)13-11-28)32-17-20-8-12-31-25(16-20)33-22-9-14-35-15-10-22/h8,12,16,18-19,21-22H,4-7,9-11,13-15,17,28H2,1-3H3,(H,31,33). The van der Waals surface area contributed by atoms with Crippen molar-refractivity contribution in [1.29, 1.82) is 0 Å². The number of nitrogens with zero attached hydrogens (tertiary/aromatic N) is 5. The Bertz CT molecular complexity index is 968. The molecule has 0 unspecified atom stereocenters. The molecule has 3 N–H and O–H groups in total. The van der Waals surface area contributed by atoms with Crippen molar-refractivity contribution in [2.75, 3.05) is 38.2 Å². The minimum atomic E-state index is 0.372. The number of anilines is 1. The van der Waals surface area contributed by atoms with Crippen LogP contribution in [0.3, 0.4) is 0 Å². The van der Waals surface area contributed by atoms with E-state index in [1.165, 1.54) is 5.56 Å². The Morgan fingerprint density at radius 3 is 2.69 bits per heavy atom. The molecule has 3 rings (SSSR count). The van der Waals surface area contributed by atoms with Crippen molar-refractivity contribution in [2.45, 2.75) is 65.0 Å². The lowest BCUT2D eigenvalue weighted by atomic mass is 9.90. The van der Waals surface area contributed by atoms with Gasteiger partial charge >= 0.3 is 0 Å². The van der Waals surface area contributed by atoms with Gasteiger partial charge in [-0.2, -0.15) is 0 Å². The van der Waals surface area contributed by atoms with E-state index in [0.29, 0.717) is 31.6 Å². The van der Waals surface area contributed by atoms with Crippen molar-refractivity contribution in [2.24, 2.45) is 15.7 Å². The second-order valence-electron chi connectivity index (χ2n) is 8.88. The highest BCUT2D eigenvalue weighted by Crippen LogP contribution is 2.32. The molecule has 0 aliphatic carbocycles. The maximum Gasteiger partial charge on any atom is 0.133 e. The number of pyridine rings is 2. The van der Waals surface area contributed by atoms with Crippen LogP contribution in [0.5, 0.6) is 0 Å². The number of likely N-dealkylation sites (N-methyl/N-ethyl adjacent to an activating group) is 1. The van der Waals surface area contributed by atoms with Crippen LogP contribution in [0.15, 0.2) is 40.7 Å². The maximum absolute atomic E-state index is 5.99. The highest BCUT2D eigenvalue weighted by Gasteiger charge is 2.23. The summed E-state index contributed by atoms with van der Waals surface area (Å²) >= 11 is 0. The van der Waals surface area contributed by atoms with Gasteiger partial charge in [0.15, 0.2) is 0 Å². The monoisotopic (exact) mass is 479 g/mol. The van der Waals surface area contributed by atoms with Crippen LogP contribution < -0.4 is 11.1 Å². The molecule has 1 fully saturated rings. The van der Waals surface area contributed by atoms with Crippen LogP contribution in [0.4, 0.5) is 11.5 Å². The molecule has 0 saturated carbocycles. The molecule has 0 bridgehead atoms. The van der Waals surface area contributed by atoms with Gasteiger partial charge in [0, 0.05) is 56.8 Å². The number of nitrogens with two attached hydrogens (primary N) is 1. The van der Waals surface area contributed by atoms with E-state index in [4.69, 9.17) is 15.5 Å². The number of aromatic nitrogens is 2. The van der Waals surface area contributed by atoms with Crippen molar-refractivity contribution < 1.29 is 4.74 Å². The van der Waals surface area contributed by atoms with Crippen molar-refractivity contribution in [3.8, 4) is 0 Å². The number of ether oxygens (including phenoxy) is 1. The average Bonchev–Trinajstić information content (AvgIpc) is 2.90. The Hall–Kier alpha value is -2.84. The van der Waals surface area contributed by atoms with Gasteiger partial charge < -0.3 is 20.7 Å². The minimum Gasteiger partial charge on any atom is -0.381 e. The molecule has 3 heterocycles. The number of rotatable bonds is 12. The summed E-state index contributed by atoms with van der Waals surface area (Å²) in [5, 5.41) is 3.55. The molecular weight excluding hydrogens is 438 g/mol. The first-order chi connectivity index (χ1) is 17.1. The van der Waals surface area contributed by atoms with Gasteiger partial charge in [-0.15, -0.1) is 0 Å². The van der Waals surface area contributed by atoms with E-state index in [1.807, 2.05) is 18.5 Å². The highest BCUT2D eigenvalue weighted by atomic mass is 16.5. The van der Waals surface area contributed by atoms with Gasteiger partial charge in [-0.3, -0.25) is 15.0 Å². The fraction of sp³-hybridized carbons (Fsp3) is 0.556. The molecule has 0 amide bonds. The Kier molecular flexibility index (Phi) is 10.6. The lowest BCUT2D eigenvalue weighted by Gasteiger charge is -2.28. The molecule has 1 aliphatic rings. The first-order valence-electron chi connectivity index (χ1n) is 12.9. The summed E-state index contributed by atoms with van der Waals surface area (Å²) in [6.07, 6.45) is 9.63. The third-order valence-electron chi connectivity index (χ3n) is 6.66. The molecule has 0 aromatic carbocycles. The first kappa shape index (κ1) is 26.8. The van der Waals surface area contributed by atoms with Gasteiger partial charge in [0.2, 0.25) is 0 Å². The van der Waals surface area contributed by atoms with E-state index in [1.54, 1.807) is 6.20 Å². The number of aliphatic imine (C=N–C) groups is 2. The maximum atomic E-state index is 5.99. The van der Waals surface area contributed by atoms with Crippen molar-refractivity contribution >= 4 is 24.1 Å². The molecule has 2 aromatic rings. The summed E-state index contributed by atoms with van der Waals surface area (Å²) in [4.78, 5) is 20.7. The van der Waals surface area contributed by atoms with E-state index in [2.05, 4.69) is 58.7 Å². The Morgan fingerprint density at radius 1 is 1.26 bits per heavy atom. The second-order valence-corrected chi connectivity index (χ2v) is 8.88. The summed E-state index contributed by atoms with van der Waals surface area (Å²) in [6, 6.07) is 4.51. The van der Waals surface area contributed by atoms with Crippen LogP contribution in [-0.2, 0) is 11.3 Å². The largest absolute Gasteiger partial charge is 0.381 e. The zero-order valence-corrected chi connectivity index (χ0v) is 21.5. The topological polar surface area (TPSA) is 101 Å². The van der Waals surface area contributed by atoms with Crippen LogP contribution >= 0.6 is 0 Å². The SMILES string of the molecule is C=Nc1cncc(C(CC)CC)c1C(=NCc1ccnc(NC2CCOCC2)c1)N(CC)CCN. The summed E-state index contributed by atoms with van der Waals surface area (Å²) < 4.78 is 5.47. The zero-order valence-electron chi connectivity index (χ0n) is 21.5. The van der Waals surface area contributed by atoms with Crippen LogP contribution in [0.1, 0.15) is 69.1 Å². The lowest BCUT2D eigenvalue weighted by molar-refractivity contribution is 0.0904. The number of nitrogens with one attached hydrogen (secondary N) is 1. The molecule has 2 aromatic heterocycles. The quantitative estimate of drug-likeness (QED) is 0.343. The predicted molar refractivity (Wildman–Crippen MR) is 145 cm³/mol. The molecule has 8 nitrogen and oxygen atoms in total. The fourth-order valence-electron chi connectivity index (χ4n) is 4.64. The van der Waals surface area contributed by atoms with E-state index in [0.717, 1.165) is 73.9 Å². The number of amidine groups is 1. The molecule has 0 atom stereocenters. The van der Waals surface area contributed by atoms with Gasteiger partial charge in [0.1, 0.15) is 11.7 Å². The van der Waals surface area contributed by atoms with E-state index in [-0.39, 0.29) is 0 Å². The molecule has 190 valence electrons. The second kappa shape index (κ2) is 13.9. The smallest absolute Gasteiger partial charge is 0.133 e. The average molecular weight is 480 g/mol. The molecular formula is C27H41N7O. The van der Waals surface area contributed by atoms with Crippen molar-refractivity contribution in [1.82, 2.24) is 14.9 Å². The van der Waals surface area contributed by atoms with E-state index >= 15 is 0 Å². The summed E-state index contributed by atoms with van der Waals surface area (Å²) in [5.74, 6) is 2.16. The van der Waals surface area contributed by atoms with Crippen LogP contribution in [0.2, 0.25) is 0 Å². The van der Waals surface area contributed by atoms with Gasteiger partial charge in [0.05, 0.1) is 18.4 Å². The summed E-state index contributed by atoms with van der Waals surface area (Å²) in [7, 11) is 0. The van der Waals surface area contributed by atoms with Crippen LogP contribution in [0.25, 0.3) is 0 Å². The Balaban J connectivity index is 1.98. The van der Waals surface area contributed by atoms with Crippen molar-refractivity contribution in [3.63, 3.8) is 0 Å². The number of hydrogen-bond donors (Lipinski definition) is 2. The van der Waals surface area contributed by atoms with Crippen LogP contribution in [-0.4, -0.2) is 66.3 Å². The van der Waals surface area contributed by atoms with Crippen molar-refractivity contribution in [3.05, 3.63) is 47.4 Å². The van der Waals surface area contributed by atoms with Gasteiger partial charge in [-0.25, -0.2) is 4.98 Å². The minimum absolute atomic E-state index is 0.372. The zero-order chi connectivity index (χ0) is 25.0. The predicted octanol–water partition coefficient (Wildman–Crippen LogP) is 4.53. The molecule has 0 radical (unpaired) electrons. The van der Waals surface area contributed by atoms with Gasteiger partial charge in [-0.1, -0.05) is 13.8 Å². The molecule has 35 heavy (non-hydrogen) atoms. The summed E-state index contributed by atoms with van der Waals surface area (Å²) in [5.41, 5.74) is 10.0. The lowest BCUT2D eigenvalue weighted by Crippen LogP contribution is -2.36. The normalized spacial score (nSPS) is 14.8. The fourth-order valence-corrected chi connectivity index (χ4v) is 4.64.